The van der Waals surface area contributed by atoms with Crippen molar-refractivity contribution in [2.45, 2.75) is 32.4 Å². The van der Waals surface area contributed by atoms with Crippen molar-refractivity contribution >= 4 is 15.9 Å². The van der Waals surface area contributed by atoms with Gasteiger partial charge in [0.1, 0.15) is 11.9 Å². The molecule has 0 amide bonds. The molecule has 2 atom stereocenters. The molecule has 0 fully saturated rings. The number of ether oxygens (including phenoxy) is 1. The summed E-state index contributed by atoms with van der Waals surface area (Å²) in [5.74, 6) is 0.914. The van der Waals surface area contributed by atoms with Gasteiger partial charge in [0.2, 0.25) is 0 Å². The first-order chi connectivity index (χ1) is 9.61. The Hall–Kier alpha value is -1.32. The Kier molecular flexibility index (Phi) is 5.21. The predicted octanol–water partition coefficient (Wildman–Crippen LogP) is 4.48. The minimum Gasteiger partial charge on any atom is -0.484 e. The highest BCUT2D eigenvalue weighted by atomic mass is 79.9. The summed E-state index contributed by atoms with van der Waals surface area (Å²) in [6, 6.07) is 16.1. The van der Waals surface area contributed by atoms with Gasteiger partial charge >= 0.3 is 0 Å². The van der Waals surface area contributed by atoms with E-state index in [9.17, 15) is 0 Å². The second-order valence-corrected chi connectivity index (χ2v) is 5.83. The normalized spacial score (nSPS) is 13.8. The van der Waals surface area contributed by atoms with Crippen LogP contribution in [0.5, 0.6) is 5.75 Å². The van der Waals surface area contributed by atoms with Gasteiger partial charge < -0.3 is 10.5 Å². The Bertz CT molecular complexity index is 568. The third-order valence-corrected chi connectivity index (χ3v) is 3.76. The van der Waals surface area contributed by atoms with Gasteiger partial charge in [-0.2, -0.15) is 0 Å². The topological polar surface area (TPSA) is 35.2 Å². The van der Waals surface area contributed by atoms with Gasteiger partial charge in [0.15, 0.2) is 0 Å². The SMILES string of the molecule is CCc1ccccc1OC(c1cccc(Br)c1)C(C)N. The van der Waals surface area contributed by atoms with E-state index in [1.165, 1.54) is 5.56 Å². The van der Waals surface area contributed by atoms with E-state index in [1.807, 2.05) is 43.3 Å². The number of hydrogen-bond donors (Lipinski definition) is 1. The molecule has 0 spiro atoms. The average molecular weight is 334 g/mol. The van der Waals surface area contributed by atoms with Gasteiger partial charge in [-0.15, -0.1) is 0 Å². The van der Waals surface area contributed by atoms with Crippen LogP contribution in [0.1, 0.15) is 31.1 Å². The molecule has 106 valence electrons. The molecule has 0 aromatic heterocycles. The van der Waals surface area contributed by atoms with Crippen LogP contribution in [0.3, 0.4) is 0 Å². The number of hydrogen-bond acceptors (Lipinski definition) is 2. The molecule has 0 aliphatic carbocycles. The molecule has 0 saturated carbocycles. The van der Waals surface area contributed by atoms with Crippen molar-refractivity contribution in [1.82, 2.24) is 0 Å². The first-order valence-corrected chi connectivity index (χ1v) is 7.66. The maximum atomic E-state index is 6.19. The highest BCUT2D eigenvalue weighted by molar-refractivity contribution is 9.10. The summed E-state index contributed by atoms with van der Waals surface area (Å²) in [5, 5.41) is 0. The first kappa shape index (κ1) is 15.1. The molecule has 2 nitrogen and oxygen atoms in total. The molecule has 2 aromatic rings. The van der Waals surface area contributed by atoms with Gasteiger partial charge in [0.25, 0.3) is 0 Å². The molecule has 0 bridgehead atoms. The van der Waals surface area contributed by atoms with E-state index in [0.29, 0.717) is 0 Å². The van der Waals surface area contributed by atoms with Crippen molar-refractivity contribution in [2.24, 2.45) is 5.73 Å². The molecule has 20 heavy (non-hydrogen) atoms. The Labute approximate surface area is 129 Å². The van der Waals surface area contributed by atoms with Gasteiger partial charge in [-0.25, -0.2) is 0 Å². The van der Waals surface area contributed by atoms with E-state index in [0.717, 1.165) is 22.2 Å². The molecular formula is C17H20BrNO. The molecule has 0 saturated heterocycles. The maximum absolute atomic E-state index is 6.19. The molecular weight excluding hydrogens is 314 g/mol. The molecule has 2 rings (SSSR count). The van der Waals surface area contributed by atoms with Crippen LogP contribution in [0.25, 0.3) is 0 Å². The lowest BCUT2D eigenvalue weighted by Gasteiger charge is -2.24. The highest BCUT2D eigenvalue weighted by Crippen LogP contribution is 2.28. The second-order valence-electron chi connectivity index (χ2n) is 4.91. The summed E-state index contributed by atoms with van der Waals surface area (Å²) in [6.45, 7) is 4.10. The van der Waals surface area contributed by atoms with E-state index >= 15 is 0 Å². The summed E-state index contributed by atoms with van der Waals surface area (Å²) in [5.41, 5.74) is 8.40. The van der Waals surface area contributed by atoms with Crippen molar-refractivity contribution in [3.8, 4) is 5.75 Å². The van der Waals surface area contributed by atoms with Crippen LogP contribution in [0.2, 0.25) is 0 Å². The third-order valence-electron chi connectivity index (χ3n) is 3.26. The van der Waals surface area contributed by atoms with Gasteiger partial charge in [0.05, 0.1) is 0 Å². The van der Waals surface area contributed by atoms with Gasteiger partial charge in [-0.3, -0.25) is 0 Å². The maximum Gasteiger partial charge on any atom is 0.139 e. The standard InChI is InChI=1S/C17H20BrNO/c1-3-13-7-4-5-10-16(13)20-17(12(2)19)14-8-6-9-15(18)11-14/h4-12,17H,3,19H2,1-2H3. The van der Waals surface area contributed by atoms with E-state index in [1.54, 1.807) is 0 Å². The van der Waals surface area contributed by atoms with Crippen molar-refractivity contribution in [1.29, 1.82) is 0 Å². The second kappa shape index (κ2) is 6.91. The zero-order valence-electron chi connectivity index (χ0n) is 11.8. The smallest absolute Gasteiger partial charge is 0.139 e. The predicted molar refractivity (Wildman–Crippen MR) is 87.0 cm³/mol. The van der Waals surface area contributed by atoms with Crippen LogP contribution in [-0.4, -0.2) is 6.04 Å². The van der Waals surface area contributed by atoms with Crippen molar-refractivity contribution < 1.29 is 4.74 Å². The van der Waals surface area contributed by atoms with Crippen LogP contribution in [0.15, 0.2) is 53.0 Å². The lowest BCUT2D eigenvalue weighted by molar-refractivity contribution is 0.178. The van der Waals surface area contributed by atoms with Crippen LogP contribution >= 0.6 is 15.9 Å². The summed E-state index contributed by atoms with van der Waals surface area (Å²) in [6.07, 6.45) is 0.792. The van der Waals surface area contributed by atoms with E-state index < -0.39 is 0 Å². The van der Waals surface area contributed by atoms with Gasteiger partial charge in [-0.05, 0) is 42.7 Å². The molecule has 2 unspecified atom stereocenters. The monoisotopic (exact) mass is 333 g/mol. The Morgan fingerprint density at radius 2 is 1.90 bits per heavy atom. The summed E-state index contributed by atoms with van der Waals surface area (Å²) >= 11 is 3.50. The van der Waals surface area contributed by atoms with Gasteiger partial charge in [-0.1, -0.05) is 53.2 Å². The molecule has 0 radical (unpaired) electrons. The minimum atomic E-state index is -0.153. The number of benzene rings is 2. The Morgan fingerprint density at radius 3 is 2.55 bits per heavy atom. The quantitative estimate of drug-likeness (QED) is 0.875. The van der Waals surface area contributed by atoms with Crippen molar-refractivity contribution in [3.63, 3.8) is 0 Å². The van der Waals surface area contributed by atoms with Crippen LogP contribution in [-0.2, 0) is 6.42 Å². The summed E-state index contributed by atoms with van der Waals surface area (Å²) in [7, 11) is 0. The largest absolute Gasteiger partial charge is 0.484 e. The number of nitrogens with two attached hydrogens (primary N) is 1. The third kappa shape index (κ3) is 3.62. The fourth-order valence-corrected chi connectivity index (χ4v) is 2.63. The van der Waals surface area contributed by atoms with Crippen molar-refractivity contribution in [3.05, 3.63) is 64.1 Å². The Balaban J connectivity index is 2.31. The van der Waals surface area contributed by atoms with E-state index in [-0.39, 0.29) is 12.1 Å². The first-order valence-electron chi connectivity index (χ1n) is 6.87. The van der Waals surface area contributed by atoms with E-state index in [2.05, 4.69) is 35.0 Å². The molecule has 0 heterocycles. The number of para-hydroxylation sites is 1. The zero-order valence-corrected chi connectivity index (χ0v) is 13.4. The fourth-order valence-electron chi connectivity index (χ4n) is 2.21. The number of aryl methyl sites for hydroxylation is 1. The lowest BCUT2D eigenvalue weighted by atomic mass is 10.0. The van der Waals surface area contributed by atoms with Crippen LogP contribution in [0.4, 0.5) is 0 Å². The van der Waals surface area contributed by atoms with Crippen LogP contribution < -0.4 is 10.5 Å². The number of halogens is 1. The van der Waals surface area contributed by atoms with Crippen molar-refractivity contribution in [2.75, 3.05) is 0 Å². The van der Waals surface area contributed by atoms with Gasteiger partial charge in [0, 0.05) is 10.5 Å². The zero-order chi connectivity index (χ0) is 14.5. The summed E-state index contributed by atoms with van der Waals surface area (Å²) in [4.78, 5) is 0. The van der Waals surface area contributed by atoms with Crippen LogP contribution in [0, 0.1) is 0 Å². The number of rotatable bonds is 5. The molecule has 0 aliphatic rings. The summed E-state index contributed by atoms with van der Waals surface area (Å²) < 4.78 is 7.23. The lowest BCUT2D eigenvalue weighted by Crippen LogP contribution is -2.29. The van der Waals surface area contributed by atoms with E-state index in [4.69, 9.17) is 10.5 Å². The Morgan fingerprint density at radius 1 is 1.15 bits per heavy atom. The molecule has 3 heteroatoms. The molecule has 0 aliphatic heterocycles. The average Bonchev–Trinajstić information content (AvgIpc) is 2.44. The molecule has 2 N–H and O–H groups in total. The minimum absolute atomic E-state index is 0.0887. The highest BCUT2D eigenvalue weighted by Gasteiger charge is 2.19. The molecule has 2 aromatic carbocycles. The fraction of sp³-hybridized carbons (Fsp3) is 0.294.